The van der Waals surface area contributed by atoms with Gasteiger partial charge < -0.3 is 19.6 Å². The highest BCUT2D eigenvalue weighted by molar-refractivity contribution is 5.96. The summed E-state index contributed by atoms with van der Waals surface area (Å²) >= 11 is 0. The first-order valence-corrected chi connectivity index (χ1v) is 9.93. The first-order valence-electron chi connectivity index (χ1n) is 9.93. The van der Waals surface area contributed by atoms with Crippen LogP contribution in [-0.4, -0.2) is 30.3 Å². The molecular weight excluding hydrogens is 368 g/mol. The molecule has 1 fully saturated rings. The normalized spacial score (nSPS) is 17.0. The van der Waals surface area contributed by atoms with Crippen molar-refractivity contribution in [1.29, 1.82) is 0 Å². The molecule has 1 atom stereocenters. The van der Waals surface area contributed by atoms with Gasteiger partial charge in [-0.2, -0.15) is 0 Å². The molecule has 0 bridgehead atoms. The van der Waals surface area contributed by atoms with E-state index in [2.05, 4.69) is 17.2 Å². The smallest absolute Gasteiger partial charge is 0.256 e. The molecule has 150 valence electrons. The molecule has 4 rings (SSSR count). The molecule has 1 aliphatic rings. The molecule has 6 heteroatoms. The predicted molar refractivity (Wildman–Crippen MR) is 110 cm³/mol. The number of rotatable bonds is 5. The molecule has 1 saturated heterocycles. The number of carbonyl (C=O) groups excluding carboxylic acids is 1. The van der Waals surface area contributed by atoms with Crippen LogP contribution in [0.5, 0.6) is 5.75 Å². The highest BCUT2D eigenvalue weighted by atomic mass is 16.5. The van der Waals surface area contributed by atoms with E-state index in [1.54, 1.807) is 18.2 Å². The zero-order valence-electron chi connectivity index (χ0n) is 16.4. The van der Waals surface area contributed by atoms with Gasteiger partial charge >= 0.3 is 0 Å². The minimum absolute atomic E-state index is 0.0512. The van der Waals surface area contributed by atoms with E-state index in [1.165, 1.54) is 11.6 Å². The van der Waals surface area contributed by atoms with E-state index in [4.69, 9.17) is 9.15 Å². The monoisotopic (exact) mass is 392 g/mol. The lowest BCUT2D eigenvalue weighted by atomic mass is 10.1. The number of amides is 1. The molecule has 0 aliphatic carbocycles. The number of fused-ring (bicyclic) bond motifs is 1. The molecule has 29 heavy (non-hydrogen) atoms. The van der Waals surface area contributed by atoms with Gasteiger partial charge in [-0.05, 0) is 55.2 Å². The maximum absolute atomic E-state index is 12.9. The fraction of sp³-hybridized carbons (Fsp3) is 0.304. The SMILES string of the molecule is CCc1ccc(N=c2oc3cc(O)ccc3cc2C(=O)NCC2CCCO2)cc1. The number of nitrogens with zero attached hydrogens (tertiary/aromatic N) is 1. The van der Waals surface area contributed by atoms with Gasteiger partial charge in [0.25, 0.3) is 5.91 Å². The average Bonchev–Trinajstić information content (AvgIpc) is 3.26. The average molecular weight is 392 g/mol. The topological polar surface area (TPSA) is 84.1 Å². The highest BCUT2D eigenvalue weighted by Gasteiger charge is 2.18. The summed E-state index contributed by atoms with van der Waals surface area (Å²) in [5, 5.41) is 13.4. The standard InChI is InChI=1S/C23H24N2O4/c1-2-15-5-8-17(9-6-15)25-23-20(22(27)24-14-19-4-3-11-28-19)12-16-7-10-18(26)13-21(16)29-23/h5-10,12-13,19,26H,2-4,11,14H2,1H3,(H,24,27). The Kier molecular flexibility index (Phi) is 5.62. The number of carbonyl (C=O) groups is 1. The maximum Gasteiger partial charge on any atom is 0.256 e. The van der Waals surface area contributed by atoms with Crippen LogP contribution in [0, 0.1) is 0 Å². The van der Waals surface area contributed by atoms with Crippen molar-refractivity contribution in [3.05, 3.63) is 65.2 Å². The van der Waals surface area contributed by atoms with E-state index in [0.29, 0.717) is 28.8 Å². The molecule has 2 heterocycles. The molecule has 0 radical (unpaired) electrons. The molecule has 1 aliphatic heterocycles. The van der Waals surface area contributed by atoms with Gasteiger partial charge in [0.15, 0.2) is 0 Å². The van der Waals surface area contributed by atoms with E-state index in [0.717, 1.165) is 25.9 Å². The van der Waals surface area contributed by atoms with Crippen LogP contribution in [-0.2, 0) is 11.2 Å². The van der Waals surface area contributed by atoms with Gasteiger partial charge in [0.05, 0.1) is 11.8 Å². The van der Waals surface area contributed by atoms with Crippen molar-refractivity contribution in [3.63, 3.8) is 0 Å². The molecule has 6 nitrogen and oxygen atoms in total. The summed E-state index contributed by atoms with van der Waals surface area (Å²) in [6.45, 7) is 3.29. The second kappa shape index (κ2) is 8.49. The molecule has 1 amide bonds. The van der Waals surface area contributed by atoms with Crippen LogP contribution >= 0.6 is 0 Å². The summed E-state index contributed by atoms with van der Waals surface area (Å²) in [5.41, 5.74) is 2.92. The Hall–Kier alpha value is -3.12. The quantitative estimate of drug-likeness (QED) is 0.691. The van der Waals surface area contributed by atoms with Gasteiger partial charge in [-0.3, -0.25) is 4.79 Å². The lowest BCUT2D eigenvalue weighted by Crippen LogP contribution is -2.34. The minimum atomic E-state index is -0.261. The van der Waals surface area contributed by atoms with Gasteiger partial charge in [-0.15, -0.1) is 0 Å². The largest absolute Gasteiger partial charge is 0.508 e. The van der Waals surface area contributed by atoms with Crippen molar-refractivity contribution >= 4 is 22.6 Å². The van der Waals surface area contributed by atoms with Crippen LogP contribution in [0.2, 0.25) is 0 Å². The summed E-state index contributed by atoms with van der Waals surface area (Å²) in [7, 11) is 0. The Labute approximate surface area is 168 Å². The first-order chi connectivity index (χ1) is 14.1. The van der Waals surface area contributed by atoms with Gasteiger partial charge in [0.1, 0.15) is 16.9 Å². The Morgan fingerprint density at radius 1 is 1.21 bits per heavy atom. The second-order valence-corrected chi connectivity index (χ2v) is 7.16. The number of hydrogen-bond acceptors (Lipinski definition) is 5. The van der Waals surface area contributed by atoms with E-state index < -0.39 is 0 Å². The van der Waals surface area contributed by atoms with Crippen molar-refractivity contribution in [2.75, 3.05) is 13.2 Å². The number of hydrogen-bond donors (Lipinski definition) is 2. The molecule has 2 N–H and O–H groups in total. The van der Waals surface area contributed by atoms with Crippen molar-refractivity contribution < 1.29 is 19.1 Å². The Bertz CT molecular complexity index is 1080. The minimum Gasteiger partial charge on any atom is -0.508 e. The van der Waals surface area contributed by atoms with Crippen LogP contribution in [0.25, 0.3) is 11.0 Å². The second-order valence-electron chi connectivity index (χ2n) is 7.16. The molecule has 1 unspecified atom stereocenters. The van der Waals surface area contributed by atoms with Crippen LogP contribution < -0.4 is 10.9 Å². The third-order valence-corrected chi connectivity index (χ3v) is 5.07. The first kappa shape index (κ1) is 19.2. The number of aromatic hydroxyl groups is 1. The predicted octanol–water partition coefficient (Wildman–Crippen LogP) is 3.84. The summed E-state index contributed by atoms with van der Waals surface area (Å²) in [5.74, 6) is -0.168. The van der Waals surface area contributed by atoms with Crippen molar-refractivity contribution in [2.24, 2.45) is 4.99 Å². The Balaban J connectivity index is 1.73. The van der Waals surface area contributed by atoms with Gasteiger partial charge in [0, 0.05) is 24.6 Å². The summed E-state index contributed by atoms with van der Waals surface area (Å²) in [6.07, 6.45) is 2.96. The van der Waals surface area contributed by atoms with Crippen LogP contribution in [0.4, 0.5) is 5.69 Å². The van der Waals surface area contributed by atoms with Gasteiger partial charge in [-0.25, -0.2) is 4.99 Å². The fourth-order valence-corrected chi connectivity index (χ4v) is 3.38. The summed E-state index contributed by atoms with van der Waals surface area (Å²) in [6, 6.07) is 14.3. The molecule has 1 aromatic heterocycles. The number of phenols is 1. The highest BCUT2D eigenvalue weighted by Crippen LogP contribution is 2.20. The Morgan fingerprint density at radius 3 is 2.76 bits per heavy atom. The van der Waals surface area contributed by atoms with E-state index in [1.807, 2.05) is 24.3 Å². The van der Waals surface area contributed by atoms with Crippen LogP contribution in [0.3, 0.4) is 0 Å². The number of benzene rings is 2. The van der Waals surface area contributed by atoms with Crippen molar-refractivity contribution in [2.45, 2.75) is 32.3 Å². The number of phenolic OH excluding ortho intramolecular Hbond substituents is 1. The lowest BCUT2D eigenvalue weighted by molar-refractivity contribution is 0.0854. The number of ether oxygens (including phenoxy) is 1. The third kappa shape index (κ3) is 4.49. The molecule has 0 saturated carbocycles. The number of aryl methyl sites for hydroxylation is 1. The molecule has 2 aromatic carbocycles. The van der Waals surface area contributed by atoms with Crippen LogP contribution in [0.1, 0.15) is 35.7 Å². The van der Waals surface area contributed by atoms with Gasteiger partial charge in [0.2, 0.25) is 5.55 Å². The molecular formula is C23H24N2O4. The zero-order chi connectivity index (χ0) is 20.2. The van der Waals surface area contributed by atoms with Gasteiger partial charge in [-0.1, -0.05) is 19.1 Å². The Morgan fingerprint density at radius 2 is 2.03 bits per heavy atom. The molecule has 0 spiro atoms. The van der Waals surface area contributed by atoms with E-state index in [-0.39, 0.29) is 23.3 Å². The molecule has 3 aromatic rings. The summed E-state index contributed by atoms with van der Waals surface area (Å²) in [4.78, 5) is 17.4. The third-order valence-electron chi connectivity index (χ3n) is 5.07. The maximum atomic E-state index is 12.9. The van der Waals surface area contributed by atoms with Crippen molar-refractivity contribution in [3.8, 4) is 5.75 Å². The number of nitrogens with one attached hydrogen (secondary N) is 1. The van der Waals surface area contributed by atoms with Crippen molar-refractivity contribution in [1.82, 2.24) is 5.32 Å². The van der Waals surface area contributed by atoms with E-state index in [9.17, 15) is 9.90 Å². The van der Waals surface area contributed by atoms with E-state index >= 15 is 0 Å². The zero-order valence-corrected chi connectivity index (χ0v) is 16.4. The lowest BCUT2D eigenvalue weighted by Gasteiger charge is -2.11. The fourth-order valence-electron chi connectivity index (χ4n) is 3.38. The summed E-state index contributed by atoms with van der Waals surface area (Å²) < 4.78 is 11.5. The van der Waals surface area contributed by atoms with Crippen LogP contribution in [0.15, 0.2) is 57.9 Å².